The van der Waals surface area contributed by atoms with Crippen LogP contribution in [0.15, 0.2) is 34.4 Å². The molecule has 3 rings (SSSR count). The summed E-state index contributed by atoms with van der Waals surface area (Å²) in [6.45, 7) is 0.0649. The highest BCUT2D eigenvalue weighted by Gasteiger charge is 2.21. The maximum atomic E-state index is 12.9. The lowest BCUT2D eigenvalue weighted by Crippen LogP contribution is -2.29. The Hall–Kier alpha value is -3.27. The van der Waals surface area contributed by atoms with Crippen LogP contribution in [0, 0.1) is 10.1 Å². The van der Waals surface area contributed by atoms with Crippen molar-refractivity contribution in [2.75, 3.05) is 26.0 Å². The SMILES string of the molecule is CN(Cc1nc2ccsc2c(=O)[nH]1)C(=O)c1cc([N+](=O)[O-])ccc1N(C)C. The first-order valence-corrected chi connectivity index (χ1v) is 8.83. The van der Waals surface area contributed by atoms with Crippen molar-refractivity contribution >= 4 is 38.8 Å². The lowest BCUT2D eigenvalue weighted by atomic mass is 10.1. The number of hydrogen-bond donors (Lipinski definition) is 1. The van der Waals surface area contributed by atoms with Crippen molar-refractivity contribution in [3.63, 3.8) is 0 Å². The number of benzene rings is 1. The Bertz CT molecular complexity index is 1090. The monoisotopic (exact) mass is 387 g/mol. The van der Waals surface area contributed by atoms with Crippen molar-refractivity contribution < 1.29 is 9.72 Å². The molecule has 0 radical (unpaired) electrons. The number of nitro groups is 1. The first kappa shape index (κ1) is 18.5. The third-order valence-electron chi connectivity index (χ3n) is 4.00. The molecule has 9 nitrogen and oxygen atoms in total. The Labute approximate surface area is 158 Å². The summed E-state index contributed by atoms with van der Waals surface area (Å²) >= 11 is 1.30. The smallest absolute Gasteiger partial charge is 0.270 e. The van der Waals surface area contributed by atoms with E-state index in [1.807, 2.05) is 0 Å². The van der Waals surface area contributed by atoms with Gasteiger partial charge in [-0.3, -0.25) is 19.7 Å². The van der Waals surface area contributed by atoms with Crippen LogP contribution in [0.1, 0.15) is 16.2 Å². The number of aromatic amines is 1. The van der Waals surface area contributed by atoms with Crippen LogP contribution in [0.3, 0.4) is 0 Å². The highest BCUT2D eigenvalue weighted by atomic mass is 32.1. The summed E-state index contributed by atoms with van der Waals surface area (Å²) in [6, 6.07) is 5.89. The number of carbonyl (C=O) groups excluding carboxylic acids is 1. The van der Waals surface area contributed by atoms with Crippen molar-refractivity contribution in [1.29, 1.82) is 0 Å². The number of nitro benzene ring substituents is 1. The second-order valence-electron chi connectivity index (χ2n) is 6.16. The summed E-state index contributed by atoms with van der Waals surface area (Å²) in [5.74, 6) is -0.0611. The molecule has 1 amide bonds. The van der Waals surface area contributed by atoms with Gasteiger partial charge in [0.05, 0.1) is 22.5 Å². The van der Waals surface area contributed by atoms with E-state index < -0.39 is 10.8 Å². The average molecular weight is 387 g/mol. The van der Waals surface area contributed by atoms with Crippen molar-refractivity contribution in [3.8, 4) is 0 Å². The predicted molar refractivity (Wildman–Crippen MR) is 103 cm³/mol. The average Bonchev–Trinajstić information content (AvgIpc) is 3.09. The quantitative estimate of drug-likeness (QED) is 0.531. The number of carbonyl (C=O) groups is 1. The molecule has 2 heterocycles. The number of rotatable bonds is 5. The lowest BCUT2D eigenvalue weighted by molar-refractivity contribution is -0.384. The van der Waals surface area contributed by atoms with Crippen LogP contribution < -0.4 is 10.5 Å². The summed E-state index contributed by atoms with van der Waals surface area (Å²) in [5, 5.41) is 12.8. The zero-order valence-corrected chi connectivity index (χ0v) is 15.7. The van der Waals surface area contributed by atoms with E-state index in [1.165, 1.54) is 34.4 Å². The molecule has 0 fully saturated rings. The number of anilines is 1. The second kappa shape index (κ2) is 7.16. The Kier molecular flexibility index (Phi) is 4.91. The topological polar surface area (TPSA) is 112 Å². The molecule has 0 atom stereocenters. The number of thiophene rings is 1. The second-order valence-corrected chi connectivity index (χ2v) is 7.08. The highest BCUT2D eigenvalue weighted by Crippen LogP contribution is 2.25. The number of nitrogens with zero attached hydrogens (tertiary/aromatic N) is 4. The van der Waals surface area contributed by atoms with Crippen LogP contribution in [0.5, 0.6) is 0 Å². The standard InChI is InChI=1S/C17H17N5O4S/c1-20(2)13-5-4-10(22(25)26)8-11(13)17(24)21(3)9-14-18-12-6-7-27-15(12)16(23)19-14/h4-8H,9H2,1-3H3,(H,18,19,23). The molecule has 1 N–H and O–H groups in total. The van der Waals surface area contributed by atoms with Crippen LogP contribution in [0.2, 0.25) is 0 Å². The minimum absolute atomic E-state index is 0.0649. The summed E-state index contributed by atoms with van der Waals surface area (Å²) in [7, 11) is 5.06. The largest absolute Gasteiger partial charge is 0.377 e. The number of amides is 1. The van der Waals surface area contributed by atoms with Gasteiger partial charge in [0.15, 0.2) is 0 Å². The fraction of sp³-hybridized carbons (Fsp3) is 0.235. The molecule has 0 unspecified atom stereocenters. The summed E-state index contributed by atoms with van der Waals surface area (Å²) in [5.41, 5.74) is 0.922. The van der Waals surface area contributed by atoms with Crippen molar-refractivity contribution in [1.82, 2.24) is 14.9 Å². The van der Waals surface area contributed by atoms with Gasteiger partial charge in [-0.25, -0.2) is 4.98 Å². The first-order valence-electron chi connectivity index (χ1n) is 7.95. The van der Waals surface area contributed by atoms with Gasteiger partial charge < -0.3 is 14.8 Å². The first-order chi connectivity index (χ1) is 12.8. The third kappa shape index (κ3) is 3.65. The maximum Gasteiger partial charge on any atom is 0.270 e. The Balaban J connectivity index is 1.93. The van der Waals surface area contributed by atoms with E-state index in [4.69, 9.17) is 0 Å². The molecular formula is C17H17N5O4S. The highest BCUT2D eigenvalue weighted by molar-refractivity contribution is 7.17. The van der Waals surface area contributed by atoms with Gasteiger partial charge in [-0.1, -0.05) is 0 Å². The summed E-state index contributed by atoms with van der Waals surface area (Å²) in [6.07, 6.45) is 0. The number of nitrogens with one attached hydrogen (secondary N) is 1. The molecule has 140 valence electrons. The minimum Gasteiger partial charge on any atom is -0.377 e. The maximum absolute atomic E-state index is 12.9. The molecule has 0 saturated carbocycles. The molecule has 0 aliphatic carbocycles. The minimum atomic E-state index is -0.542. The van der Waals surface area contributed by atoms with E-state index in [1.54, 1.807) is 37.5 Å². The normalized spacial score (nSPS) is 10.8. The van der Waals surface area contributed by atoms with Crippen molar-refractivity contribution in [3.05, 3.63) is 61.5 Å². The van der Waals surface area contributed by atoms with Crippen LogP contribution in [0.4, 0.5) is 11.4 Å². The van der Waals surface area contributed by atoms with Gasteiger partial charge in [-0.2, -0.15) is 0 Å². The molecule has 0 spiro atoms. The van der Waals surface area contributed by atoms with Gasteiger partial charge in [-0.15, -0.1) is 11.3 Å². The molecule has 10 heteroatoms. The number of hydrogen-bond acceptors (Lipinski definition) is 7. The number of aromatic nitrogens is 2. The Morgan fingerprint density at radius 2 is 2.04 bits per heavy atom. The van der Waals surface area contributed by atoms with Crippen LogP contribution in [0.25, 0.3) is 10.2 Å². The Morgan fingerprint density at radius 1 is 1.30 bits per heavy atom. The Morgan fingerprint density at radius 3 is 2.70 bits per heavy atom. The van der Waals surface area contributed by atoms with Gasteiger partial charge in [0.1, 0.15) is 10.5 Å². The molecule has 27 heavy (non-hydrogen) atoms. The fourth-order valence-electron chi connectivity index (χ4n) is 2.70. The molecule has 2 aromatic heterocycles. The predicted octanol–water partition coefficient (Wildman–Crippen LogP) is 2.23. The van der Waals surface area contributed by atoms with Gasteiger partial charge >= 0.3 is 0 Å². The summed E-state index contributed by atoms with van der Waals surface area (Å²) in [4.78, 5) is 45.6. The van der Waals surface area contributed by atoms with Gasteiger partial charge in [-0.05, 0) is 17.5 Å². The number of non-ortho nitro benzene ring substituents is 1. The molecule has 3 aromatic rings. The van der Waals surface area contributed by atoms with E-state index >= 15 is 0 Å². The zero-order chi connectivity index (χ0) is 19.7. The van der Waals surface area contributed by atoms with Crippen molar-refractivity contribution in [2.45, 2.75) is 6.54 Å². The van der Waals surface area contributed by atoms with Crippen LogP contribution >= 0.6 is 11.3 Å². The molecule has 0 saturated heterocycles. The zero-order valence-electron chi connectivity index (χ0n) is 14.9. The van der Waals surface area contributed by atoms with Crippen molar-refractivity contribution in [2.24, 2.45) is 0 Å². The molecular weight excluding hydrogens is 370 g/mol. The van der Waals surface area contributed by atoms with E-state index in [-0.39, 0.29) is 23.4 Å². The number of H-pyrrole nitrogens is 1. The molecule has 0 bridgehead atoms. The molecule has 0 aliphatic rings. The number of fused-ring (bicyclic) bond motifs is 1. The molecule has 1 aromatic carbocycles. The fourth-order valence-corrected chi connectivity index (χ4v) is 3.42. The molecule has 0 aliphatic heterocycles. The van der Waals surface area contributed by atoms with E-state index in [0.717, 1.165) is 0 Å². The van der Waals surface area contributed by atoms with E-state index in [2.05, 4.69) is 9.97 Å². The summed E-state index contributed by atoms with van der Waals surface area (Å²) < 4.78 is 0.529. The van der Waals surface area contributed by atoms with Gasteiger partial charge in [0, 0.05) is 39.0 Å². The van der Waals surface area contributed by atoms with E-state index in [0.29, 0.717) is 21.7 Å². The lowest BCUT2D eigenvalue weighted by Gasteiger charge is -2.21. The van der Waals surface area contributed by atoms with Crippen LogP contribution in [-0.2, 0) is 6.54 Å². The van der Waals surface area contributed by atoms with Crippen LogP contribution in [-0.4, -0.2) is 46.8 Å². The van der Waals surface area contributed by atoms with Gasteiger partial charge in [0.25, 0.3) is 17.2 Å². The third-order valence-corrected chi connectivity index (χ3v) is 4.90. The van der Waals surface area contributed by atoms with Gasteiger partial charge in [0.2, 0.25) is 0 Å². The van der Waals surface area contributed by atoms with E-state index in [9.17, 15) is 19.7 Å².